The van der Waals surface area contributed by atoms with Gasteiger partial charge in [-0.1, -0.05) is 109 Å². The number of nitrogens with zero attached hydrogens (tertiary/aromatic N) is 3. The van der Waals surface area contributed by atoms with Gasteiger partial charge in [0.15, 0.2) is 5.84 Å². The Bertz CT molecular complexity index is 1920. The maximum atomic E-state index is 5.18. The minimum atomic E-state index is -0.427. The van der Waals surface area contributed by atoms with Crippen LogP contribution < -0.4 is 0 Å². The van der Waals surface area contributed by atoms with Crippen molar-refractivity contribution >= 4 is 23.0 Å². The Kier molecular flexibility index (Phi) is 6.56. The van der Waals surface area contributed by atoms with Gasteiger partial charge in [0.1, 0.15) is 0 Å². The molecule has 3 nitrogen and oxygen atoms in total. The Hall–Kier alpha value is -5.15. The van der Waals surface area contributed by atoms with Crippen molar-refractivity contribution in [1.82, 2.24) is 4.98 Å². The molecule has 0 N–H and O–H groups in total. The van der Waals surface area contributed by atoms with Gasteiger partial charge in [0.05, 0.1) is 17.0 Å². The van der Waals surface area contributed by atoms with Crippen molar-refractivity contribution in [2.45, 2.75) is 25.3 Å². The number of fused-ring (bicyclic) bond motifs is 4. The molecule has 3 heteroatoms. The standard InChI is InChI=1S/C39H31N3/c1-3-40-38(30-21-23-37-29(25-30)13-12-24-41-37)42-27(2)28-20-22-34-33-18-10-11-19-35(33)39(36(34)26-28,31-14-6-4-7-15-31)32-16-8-5-9-17-32/h3-27H,1-2H3/b40-3-,42-38-. The highest BCUT2D eigenvalue weighted by atomic mass is 14.9. The molecule has 0 aliphatic heterocycles. The molecule has 0 saturated carbocycles. The van der Waals surface area contributed by atoms with Gasteiger partial charge < -0.3 is 0 Å². The van der Waals surface area contributed by atoms with Crippen LogP contribution in [-0.2, 0) is 5.41 Å². The molecule has 1 atom stereocenters. The molecule has 1 aliphatic rings. The van der Waals surface area contributed by atoms with E-state index in [1.807, 2.05) is 31.5 Å². The third kappa shape index (κ3) is 4.17. The van der Waals surface area contributed by atoms with Crippen molar-refractivity contribution in [3.05, 3.63) is 173 Å². The van der Waals surface area contributed by atoms with Crippen LogP contribution in [0.3, 0.4) is 0 Å². The fourth-order valence-electron chi connectivity index (χ4n) is 6.50. The van der Waals surface area contributed by atoms with Gasteiger partial charge in [0.2, 0.25) is 0 Å². The molecule has 0 fully saturated rings. The first kappa shape index (κ1) is 25.8. The molecule has 0 bridgehead atoms. The van der Waals surface area contributed by atoms with Crippen LogP contribution in [0.15, 0.2) is 150 Å². The molecule has 1 aromatic heterocycles. The fraction of sp³-hybridized carbons (Fsp3) is 0.103. The number of aromatic nitrogens is 1. The molecule has 1 unspecified atom stereocenters. The Morgan fingerprint density at radius 3 is 2.12 bits per heavy atom. The summed E-state index contributed by atoms with van der Waals surface area (Å²) in [4.78, 5) is 14.4. The number of benzene rings is 5. The highest BCUT2D eigenvalue weighted by Gasteiger charge is 2.46. The fourth-order valence-corrected chi connectivity index (χ4v) is 6.50. The van der Waals surface area contributed by atoms with Crippen LogP contribution in [0.1, 0.15) is 53.3 Å². The molecule has 1 heterocycles. The summed E-state index contributed by atoms with van der Waals surface area (Å²) < 4.78 is 0. The van der Waals surface area contributed by atoms with Gasteiger partial charge in [0, 0.05) is 23.4 Å². The molecular formula is C39H31N3. The van der Waals surface area contributed by atoms with Gasteiger partial charge in [-0.15, -0.1) is 0 Å². The van der Waals surface area contributed by atoms with E-state index in [1.165, 1.54) is 33.4 Å². The SMILES string of the molecule is C/C=N\C(=N/C(C)c1ccc2c(c1)C(c1ccccc1)(c1ccccc1)c1ccccc1-2)c1ccc2ncccc2c1. The van der Waals surface area contributed by atoms with Crippen LogP contribution in [0.2, 0.25) is 0 Å². The largest absolute Gasteiger partial charge is 0.258 e. The number of hydrogen-bond acceptors (Lipinski definition) is 2. The molecule has 1 aliphatic carbocycles. The van der Waals surface area contributed by atoms with E-state index in [-0.39, 0.29) is 6.04 Å². The van der Waals surface area contributed by atoms with E-state index in [2.05, 4.69) is 133 Å². The second-order valence-corrected chi connectivity index (χ2v) is 10.8. The van der Waals surface area contributed by atoms with Crippen molar-refractivity contribution in [3.8, 4) is 11.1 Å². The average Bonchev–Trinajstić information content (AvgIpc) is 3.35. The first-order valence-corrected chi connectivity index (χ1v) is 14.5. The topological polar surface area (TPSA) is 37.6 Å². The summed E-state index contributed by atoms with van der Waals surface area (Å²) in [6.45, 7) is 4.09. The Balaban J connectivity index is 1.41. The number of rotatable bonds is 5. The van der Waals surface area contributed by atoms with Crippen LogP contribution in [0.25, 0.3) is 22.0 Å². The van der Waals surface area contributed by atoms with Crippen LogP contribution in [-0.4, -0.2) is 17.0 Å². The summed E-state index contributed by atoms with van der Waals surface area (Å²) in [7, 11) is 0. The van der Waals surface area contributed by atoms with Crippen LogP contribution in [0.5, 0.6) is 0 Å². The third-order valence-corrected chi connectivity index (χ3v) is 8.39. The van der Waals surface area contributed by atoms with Crippen molar-refractivity contribution in [1.29, 1.82) is 0 Å². The summed E-state index contributed by atoms with van der Waals surface area (Å²) in [5, 5.41) is 1.08. The Labute approximate surface area is 247 Å². The molecule has 0 radical (unpaired) electrons. The minimum absolute atomic E-state index is 0.105. The average molecular weight is 542 g/mol. The molecule has 202 valence electrons. The van der Waals surface area contributed by atoms with Gasteiger partial charge in [-0.3, -0.25) is 9.98 Å². The van der Waals surface area contributed by atoms with Gasteiger partial charge in [-0.2, -0.15) is 0 Å². The van der Waals surface area contributed by atoms with Gasteiger partial charge in [0.25, 0.3) is 0 Å². The van der Waals surface area contributed by atoms with Gasteiger partial charge in [-0.25, -0.2) is 4.99 Å². The van der Waals surface area contributed by atoms with E-state index >= 15 is 0 Å². The quantitative estimate of drug-likeness (QED) is 0.158. The normalized spacial score (nSPS) is 14.6. The zero-order valence-electron chi connectivity index (χ0n) is 23.8. The maximum Gasteiger partial charge on any atom is 0.154 e. The monoisotopic (exact) mass is 541 g/mol. The second-order valence-electron chi connectivity index (χ2n) is 10.8. The summed E-state index contributed by atoms with van der Waals surface area (Å²) in [6.07, 6.45) is 3.63. The van der Waals surface area contributed by atoms with Crippen LogP contribution in [0, 0.1) is 0 Å². The lowest BCUT2D eigenvalue weighted by Crippen LogP contribution is -2.28. The predicted octanol–water partition coefficient (Wildman–Crippen LogP) is 9.20. The van der Waals surface area contributed by atoms with Crippen molar-refractivity contribution in [2.75, 3.05) is 0 Å². The Morgan fingerprint density at radius 1 is 0.690 bits per heavy atom. The third-order valence-electron chi connectivity index (χ3n) is 8.39. The number of pyridine rings is 1. The lowest BCUT2D eigenvalue weighted by molar-refractivity contribution is 0.757. The molecule has 6 aromatic rings. The molecule has 42 heavy (non-hydrogen) atoms. The first-order chi connectivity index (χ1) is 20.7. The summed E-state index contributed by atoms with van der Waals surface area (Å²) in [5.74, 6) is 0.719. The summed E-state index contributed by atoms with van der Waals surface area (Å²) >= 11 is 0. The second kappa shape index (κ2) is 10.7. The van der Waals surface area contributed by atoms with E-state index < -0.39 is 5.41 Å². The van der Waals surface area contributed by atoms with E-state index in [0.29, 0.717) is 0 Å². The molecule has 0 amide bonds. The van der Waals surface area contributed by atoms with Crippen LogP contribution >= 0.6 is 0 Å². The van der Waals surface area contributed by atoms with Gasteiger partial charge >= 0.3 is 0 Å². The van der Waals surface area contributed by atoms with Crippen molar-refractivity contribution in [3.63, 3.8) is 0 Å². The summed E-state index contributed by atoms with van der Waals surface area (Å²) in [6, 6.07) is 47.7. The van der Waals surface area contributed by atoms with Gasteiger partial charge in [-0.05, 0) is 77.1 Å². The smallest absolute Gasteiger partial charge is 0.154 e. The predicted molar refractivity (Wildman–Crippen MR) is 175 cm³/mol. The molecule has 0 spiro atoms. The lowest BCUT2D eigenvalue weighted by Gasteiger charge is -2.34. The molecule has 5 aromatic carbocycles. The minimum Gasteiger partial charge on any atom is -0.258 e. The molecule has 0 saturated heterocycles. The highest BCUT2D eigenvalue weighted by molar-refractivity contribution is 6.05. The van der Waals surface area contributed by atoms with Crippen LogP contribution in [0.4, 0.5) is 0 Å². The maximum absolute atomic E-state index is 5.18. The first-order valence-electron chi connectivity index (χ1n) is 14.5. The van der Waals surface area contributed by atoms with E-state index in [9.17, 15) is 0 Å². The molecular weight excluding hydrogens is 510 g/mol. The Morgan fingerprint density at radius 2 is 1.38 bits per heavy atom. The van der Waals surface area contributed by atoms with E-state index in [4.69, 9.17) is 9.98 Å². The zero-order valence-corrected chi connectivity index (χ0v) is 23.8. The lowest BCUT2D eigenvalue weighted by atomic mass is 9.67. The van der Waals surface area contributed by atoms with E-state index in [0.717, 1.165) is 27.9 Å². The number of hydrogen-bond donors (Lipinski definition) is 0. The van der Waals surface area contributed by atoms with Crippen molar-refractivity contribution < 1.29 is 0 Å². The molecule has 7 rings (SSSR count). The number of aliphatic imine (C=N–C) groups is 2. The zero-order chi connectivity index (χ0) is 28.5. The van der Waals surface area contributed by atoms with Crippen molar-refractivity contribution in [2.24, 2.45) is 9.98 Å². The number of amidine groups is 1. The van der Waals surface area contributed by atoms with E-state index in [1.54, 1.807) is 0 Å². The highest BCUT2D eigenvalue weighted by Crippen LogP contribution is 2.56. The summed E-state index contributed by atoms with van der Waals surface area (Å²) in [5.41, 5.74) is 10.4.